The van der Waals surface area contributed by atoms with Crippen LogP contribution in [0.5, 0.6) is 5.75 Å². The number of benzene rings is 1. The number of amides is 1. The average molecular weight is 493 g/mol. The zero-order valence-electron chi connectivity index (χ0n) is 19.4. The second-order valence-electron chi connectivity index (χ2n) is 8.27. The first kappa shape index (κ1) is 25.9. The van der Waals surface area contributed by atoms with E-state index in [0.29, 0.717) is 17.6 Å². The van der Waals surface area contributed by atoms with Crippen LogP contribution in [-0.4, -0.2) is 47.5 Å². The van der Waals surface area contributed by atoms with Crippen LogP contribution in [-0.2, 0) is 24.4 Å². The van der Waals surface area contributed by atoms with Gasteiger partial charge in [0.2, 0.25) is 0 Å². The van der Waals surface area contributed by atoms with E-state index in [4.69, 9.17) is 18.9 Å². The Morgan fingerprint density at radius 1 is 1.06 bits per heavy atom. The molecule has 0 aromatic heterocycles. The van der Waals surface area contributed by atoms with E-state index in [0.717, 1.165) is 31.2 Å². The van der Waals surface area contributed by atoms with Gasteiger partial charge in [-0.2, -0.15) is 13.1 Å². The Morgan fingerprint density at radius 3 is 2.41 bits per heavy atom. The third kappa shape index (κ3) is 8.89. The molecule has 0 radical (unpaired) electrons. The minimum atomic E-state index is -4.03. The molecular formula is C24H32N2O7S. The van der Waals surface area contributed by atoms with Crippen molar-refractivity contribution in [1.82, 2.24) is 9.44 Å². The topological polar surface area (TPSA) is 112 Å². The Balaban J connectivity index is 1.20. The quantitative estimate of drug-likeness (QED) is 0.247. The Bertz CT molecular complexity index is 980. The average Bonchev–Trinajstić information content (AvgIpc) is 3.41. The van der Waals surface area contributed by atoms with E-state index in [1.807, 2.05) is 35.9 Å². The maximum Gasteiger partial charge on any atom is 0.421 e. The first-order valence-corrected chi connectivity index (χ1v) is 12.9. The summed E-state index contributed by atoms with van der Waals surface area (Å²) in [6.07, 6.45) is 2.76. The predicted molar refractivity (Wildman–Crippen MR) is 126 cm³/mol. The molecule has 1 fully saturated rings. The molecule has 1 amide bonds. The minimum Gasteiger partial charge on any atom is -0.463 e. The predicted octanol–water partition coefficient (Wildman–Crippen LogP) is 2.88. The van der Waals surface area contributed by atoms with Gasteiger partial charge in [0.05, 0.1) is 19.8 Å². The van der Waals surface area contributed by atoms with E-state index in [1.54, 1.807) is 0 Å². The molecule has 0 spiro atoms. The zero-order chi connectivity index (χ0) is 24.4. The first-order chi connectivity index (χ1) is 16.3. The van der Waals surface area contributed by atoms with E-state index in [1.165, 1.54) is 0 Å². The molecule has 1 aromatic rings. The molecule has 3 rings (SSSR count). The number of nitrogens with one attached hydrogen (secondary N) is 2. The van der Waals surface area contributed by atoms with Gasteiger partial charge in [0.15, 0.2) is 0 Å². The molecule has 2 aliphatic rings. The van der Waals surface area contributed by atoms with Crippen molar-refractivity contribution in [2.45, 2.75) is 32.6 Å². The fraction of sp³-hybridized carbons (Fsp3) is 0.542. The van der Waals surface area contributed by atoms with Crippen molar-refractivity contribution < 1.29 is 32.2 Å². The van der Waals surface area contributed by atoms with Gasteiger partial charge in [0, 0.05) is 19.4 Å². The Labute approximate surface area is 201 Å². The van der Waals surface area contributed by atoms with Gasteiger partial charge in [-0.05, 0) is 56.2 Å². The molecular weight excluding hydrogens is 460 g/mol. The summed E-state index contributed by atoms with van der Waals surface area (Å²) in [6, 6.07) is 7.45. The van der Waals surface area contributed by atoms with Crippen molar-refractivity contribution in [1.29, 1.82) is 0 Å². The van der Waals surface area contributed by atoms with Crippen LogP contribution in [0.3, 0.4) is 0 Å². The Hall–Kier alpha value is -2.74. The van der Waals surface area contributed by atoms with Gasteiger partial charge in [-0.25, -0.2) is 9.52 Å². The monoisotopic (exact) mass is 492 g/mol. The largest absolute Gasteiger partial charge is 0.463 e. The van der Waals surface area contributed by atoms with Crippen LogP contribution >= 0.6 is 0 Å². The van der Waals surface area contributed by atoms with Crippen molar-refractivity contribution in [2.24, 2.45) is 17.8 Å². The van der Waals surface area contributed by atoms with Gasteiger partial charge < -0.3 is 18.9 Å². The van der Waals surface area contributed by atoms with Gasteiger partial charge in [0.25, 0.3) is 5.95 Å². The molecule has 0 heterocycles. The highest BCUT2D eigenvalue weighted by Crippen LogP contribution is 2.52. The van der Waals surface area contributed by atoms with Crippen molar-refractivity contribution in [3.63, 3.8) is 0 Å². The molecule has 2 N–H and O–H groups in total. The molecule has 186 valence electrons. The molecule has 1 saturated carbocycles. The fourth-order valence-corrected chi connectivity index (χ4v) is 4.66. The summed E-state index contributed by atoms with van der Waals surface area (Å²) in [4.78, 5) is 11.9. The number of fused-ring (bicyclic) bond motifs is 1. The molecule has 3 atom stereocenters. The number of carbonyl (C=O) groups is 1. The highest BCUT2D eigenvalue weighted by atomic mass is 32.2. The van der Waals surface area contributed by atoms with Gasteiger partial charge in [-0.3, -0.25) is 0 Å². The van der Waals surface area contributed by atoms with Gasteiger partial charge in [-0.1, -0.05) is 17.7 Å². The standard InChI is InChI=1S/C24H32N2O7S/c1-18-9-11-20(12-10-18)33-19(2)31-16-15-30-14-13-25-34(28,29)26-24(27)32-17-23-21-7-5-3-4-6-8-22(21)23/h9-12,21-23,25H,2,5-8,13-17H2,1H3,(H,26,27)/t21-,22+,23?. The van der Waals surface area contributed by atoms with E-state index >= 15 is 0 Å². The molecule has 1 unspecified atom stereocenters. The van der Waals surface area contributed by atoms with Gasteiger partial charge in [0.1, 0.15) is 12.4 Å². The zero-order valence-corrected chi connectivity index (χ0v) is 20.2. The van der Waals surface area contributed by atoms with Crippen molar-refractivity contribution in [3.8, 4) is 17.6 Å². The third-order valence-corrected chi connectivity index (χ3v) is 6.77. The lowest BCUT2D eigenvalue weighted by molar-refractivity contribution is 0.0445. The first-order valence-electron chi connectivity index (χ1n) is 11.4. The van der Waals surface area contributed by atoms with Gasteiger partial charge in [-0.15, -0.1) is 11.8 Å². The second-order valence-corrected chi connectivity index (χ2v) is 9.77. The smallest absolute Gasteiger partial charge is 0.421 e. The minimum absolute atomic E-state index is 0.0177. The number of ether oxygens (including phenoxy) is 4. The van der Waals surface area contributed by atoms with Crippen LogP contribution in [0.15, 0.2) is 36.8 Å². The van der Waals surface area contributed by atoms with E-state index in [-0.39, 0.29) is 44.8 Å². The van der Waals surface area contributed by atoms with Gasteiger partial charge >= 0.3 is 16.3 Å². The number of hydrogen-bond acceptors (Lipinski definition) is 7. The molecule has 34 heavy (non-hydrogen) atoms. The fourth-order valence-electron chi connectivity index (χ4n) is 3.96. The van der Waals surface area contributed by atoms with Crippen LogP contribution in [0.2, 0.25) is 0 Å². The molecule has 1 aromatic carbocycles. The Morgan fingerprint density at radius 2 is 1.74 bits per heavy atom. The summed E-state index contributed by atoms with van der Waals surface area (Å²) in [7, 11) is -4.03. The summed E-state index contributed by atoms with van der Waals surface area (Å²) in [5.41, 5.74) is 1.12. The number of aryl methyl sites for hydroxylation is 1. The van der Waals surface area contributed by atoms with Crippen molar-refractivity contribution in [2.75, 3.05) is 33.0 Å². The lowest BCUT2D eigenvalue weighted by atomic mass is 10.1. The van der Waals surface area contributed by atoms with Crippen LogP contribution in [0.25, 0.3) is 0 Å². The number of hydrogen-bond donors (Lipinski definition) is 2. The lowest BCUT2D eigenvalue weighted by Gasteiger charge is -2.11. The lowest BCUT2D eigenvalue weighted by Crippen LogP contribution is -2.42. The van der Waals surface area contributed by atoms with Crippen LogP contribution < -0.4 is 14.2 Å². The maximum atomic E-state index is 12.0. The van der Waals surface area contributed by atoms with Crippen LogP contribution in [0.1, 0.15) is 31.2 Å². The van der Waals surface area contributed by atoms with E-state index in [9.17, 15) is 13.2 Å². The summed E-state index contributed by atoms with van der Waals surface area (Å²) in [5, 5.41) is 0. The van der Waals surface area contributed by atoms with Crippen LogP contribution in [0.4, 0.5) is 4.79 Å². The summed E-state index contributed by atoms with van der Waals surface area (Å²) in [5.74, 6) is 8.34. The second kappa shape index (κ2) is 12.6. The normalized spacial score (nSPS) is 21.0. The van der Waals surface area contributed by atoms with Crippen LogP contribution in [0, 0.1) is 36.5 Å². The molecule has 9 nitrogen and oxygen atoms in total. The molecule has 0 aliphatic heterocycles. The van der Waals surface area contributed by atoms with Crippen molar-refractivity contribution in [3.05, 3.63) is 42.4 Å². The summed E-state index contributed by atoms with van der Waals surface area (Å²) in [6.45, 7) is 6.36. The molecule has 0 saturated heterocycles. The SMILES string of the molecule is C=C(OCCOCCNS(=O)(=O)NC(=O)OCC1[C@H]2CCC#CCC[C@@H]12)Oc1ccc(C)cc1. The molecule has 0 bridgehead atoms. The number of carbonyl (C=O) groups excluding carboxylic acids is 1. The van der Waals surface area contributed by atoms with E-state index < -0.39 is 16.3 Å². The highest BCUT2D eigenvalue weighted by molar-refractivity contribution is 7.88. The molecule has 10 heteroatoms. The Kier molecular flexibility index (Phi) is 9.62. The maximum absolute atomic E-state index is 12.0. The third-order valence-electron chi connectivity index (χ3n) is 5.75. The van der Waals surface area contributed by atoms with Crippen molar-refractivity contribution >= 4 is 16.3 Å². The summed E-state index contributed by atoms with van der Waals surface area (Å²) >= 11 is 0. The summed E-state index contributed by atoms with van der Waals surface area (Å²) < 4.78 is 49.2. The van der Waals surface area contributed by atoms with E-state index in [2.05, 4.69) is 23.1 Å². The molecule has 2 aliphatic carbocycles. The number of rotatable bonds is 13. The highest BCUT2D eigenvalue weighted by Gasteiger charge is 2.49.